The van der Waals surface area contributed by atoms with Crippen molar-refractivity contribution in [3.05, 3.63) is 41.0 Å². The van der Waals surface area contributed by atoms with E-state index < -0.39 is 17.7 Å². The molecule has 0 saturated heterocycles. The third-order valence-electron chi connectivity index (χ3n) is 3.79. The van der Waals surface area contributed by atoms with Crippen molar-refractivity contribution in [1.29, 1.82) is 0 Å². The Bertz CT molecular complexity index is 762. The number of aliphatic hydroxyl groups is 1. The summed E-state index contributed by atoms with van der Waals surface area (Å²) in [6.07, 6.45) is 3.04. The largest absolute Gasteiger partial charge is 0.503 e. The van der Waals surface area contributed by atoms with Gasteiger partial charge < -0.3 is 9.52 Å². The van der Waals surface area contributed by atoms with Crippen LogP contribution < -0.4 is 4.90 Å². The van der Waals surface area contributed by atoms with Crippen LogP contribution in [-0.2, 0) is 9.59 Å². The standard InChI is InChI=1S/C14H11N3O4S/c18-11(7-3-4-7)9-10(8-2-1-5-21-8)17(13(20)12(9)19)14-16-15-6-22-14/h1-2,5-7,10,19H,3-4H2. The van der Waals surface area contributed by atoms with E-state index >= 15 is 0 Å². The van der Waals surface area contributed by atoms with E-state index in [4.69, 9.17) is 4.42 Å². The first-order chi connectivity index (χ1) is 10.7. The number of hydrogen-bond donors (Lipinski definition) is 1. The third-order valence-corrected chi connectivity index (χ3v) is 4.48. The van der Waals surface area contributed by atoms with Gasteiger partial charge >= 0.3 is 0 Å². The first-order valence-corrected chi connectivity index (χ1v) is 7.67. The molecule has 3 heterocycles. The average molecular weight is 317 g/mol. The van der Waals surface area contributed by atoms with Crippen molar-refractivity contribution in [2.45, 2.75) is 18.9 Å². The fourth-order valence-electron chi connectivity index (χ4n) is 2.61. The fourth-order valence-corrected chi connectivity index (χ4v) is 3.19. The average Bonchev–Trinajstić information content (AvgIpc) is 2.91. The summed E-state index contributed by atoms with van der Waals surface area (Å²) in [5, 5.41) is 18.1. The monoisotopic (exact) mass is 317 g/mol. The summed E-state index contributed by atoms with van der Waals surface area (Å²) in [5.41, 5.74) is 1.58. The van der Waals surface area contributed by atoms with Crippen LogP contribution in [0.3, 0.4) is 0 Å². The van der Waals surface area contributed by atoms with Crippen LogP contribution in [-0.4, -0.2) is 27.0 Å². The van der Waals surface area contributed by atoms with Gasteiger partial charge in [-0.1, -0.05) is 11.3 Å². The van der Waals surface area contributed by atoms with Crippen LogP contribution >= 0.6 is 11.3 Å². The molecule has 1 aliphatic heterocycles. The van der Waals surface area contributed by atoms with E-state index in [0.717, 1.165) is 24.2 Å². The Morgan fingerprint density at radius 2 is 2.27 bits per heavy atom. The topological polar surface area (TPSA) is 96.5 Å². The lowest BCUT2D eigenvalue weighted by Gasteiger charge is -2.21. The molecule has 8 heteroatoms. The number of hydrogen-bond acceptors (Lipinski definition) is 7. The van der Waals surface area contributed by atoms with Crippen LogP contribution in [0.2, 0.25) is 0 Å². The Kier molecular flexibility index (Phi) is 2.86. The number of anilines is 1. The lowest BCUT2D eigenvalue weighted by atomic mass is 9.98. The predicted octanol–water partition coefficient (Wildman–Crippen LogP) is 2.01. The molecule has 1 unspecified atom stereocenters. The molecule has 1 N–H and O–H groups in total. The highest BCUT2D eigenvalue weighted by Gasteiger charge is 2.49. The molecule has 2 aromatic rings. The molecule has 1 atom stereocenters. The van der Waals surface area contributed by atoms with Gasteiger partial charge in [0.1, 0.15) is 17.3 Å². The number of aliphatic hydroxyl groups excluding tert-OH is 1. The van der Waals surface area contributed by atoms with E-state index in [1.54, 1.807) is 12.1 Å². The van der Waals surface area contributed by atoms with Gasteiger partial charge in [-0.15, -0.1) is 10.2 Å². The number of ketones is 1. The van der Waals surface area contributed by atoms with E-state index in [9.17, 15) is 14.7 Å². The van der Waals surface area contributed by atoms with Crippen LogP contribution in [0.1, 0.15) is 24.6 Å². The van der Waals surface area contributed by atoms with Gasteiger partial charge in [0.15, 0.2) is 11.5 Å². The van der Waals surface area contributed by atoms with E-state index in [2.05, 4.69) is 10.2 Å². The lowest BCUT2D eigenvalue weighted by Crippen LogP contribution is -2.30. The Hall–Kier alpha value is -2.48. The Balaban J connectivity index is 1.84. The second-order valence-corrected chi connectivity index (χ2v) is 6.03. The van der Waals surface area contributed by atoms with Gasteiger partial charge in [-0.3, -0.25) is 14.5 Å². The third kappa shape index (κ3) is 1.87. The second kappa shape index (κ2) is 4.77. The van der Waals surface area contributed by atoms with E-state index in [1.807, 2.05) is 0 Å². The van der Waals surface area contributed by atoms with Crippen LogP contribution in [0.4, 0.5) is 5.13 Å². The second-order valence-electron chi connectivity index (χ2n) is 5.22. The quantitative estimate of drug-likeness (QED) is 0.926. The van der Waals surface area contributed by atoms with Crippen molar-refractivity contribution in [2.75, 3.05) is 4.90 Å². The summed E-state index contributed by atoms with van der Waals surface area (Å²) in [5.74, 6) is -1.07. The zero-order chi connectivity index (χ0) is 15.3. The molecule has 0 bridgehead atoms. The van der Waals surface area contributed by atoms with Gasteiger partial charge in [0, 0.05) is 5.92 Å². The molecular formula is C14H11N3O4S. The molecule has 1 aliphatic carbocycles. The summed E-state index contributed by atoms with van der Waals surface area (Å²) >= 11 is 1.16. The summed E-state index contributed by atoms with van der Waals surface area (Å²) in [7, 11) is 0. The lowest BCUT2D eigenvalue weighted by molar-refractivity contribution is -0.118. The number of nitrogens with zero attached hydrogens (tertiary/aromatic N) is 3. The Morgan fingerprint density at radius 1 is 1.45 bits per heavy atom. The number of aromatic nitrogens is 2. The van der Waals surface area contributed by atoms with Crippen molar-refractivity contribution < 1.29 is 19.1 Å². The number of carbonyl (C=O) groups is 2. The molecular weight excluding hydrogens is 306 g/mol. The Morgan fingerprint density at radius 3 is 2.86 bits per heavy atom. The van der Waals surface area contributed by atoms with Gasteiger partial charge in [-0.05, 0) is 25.0 Å². The maximum absolute atomic E-state index is 12.5. The number of carbonyl (C=O) groups excluding carboxylic acids is 2. The van der Waals surface area contributed by atoms with Crippen molar-refractivity contribution in [1.82, 2.24) is 10.2 Å². The molecule has 2 aromatic heterocycles. The van der Waals surface area contributed by atoms with Gasteiger partial charge in [0.2, 0.25) is 5.13 Å². The van der Waals surface area contributed by atoms with Gasteiger partial charge in [-0.25, -0.2) is 0 Å². The molecule has 0 spiro atoms. The van der Waals surface area contributed by atoms with Gasteiger partial charge in [0.25, 0.3) is 5.91 Å². The van der Waals surface area contributed by atoms with Crippen molar-refractivity contribution in [3.63, 3.8) is 0 Å². The van der Waals surface area contributed by atoms with Crippen molar-refractivity contribution >= 4 is 28.2 Å². The molecule has 1 fully saturated rings. The maximum atomic E-state index is 12.5. The molecule has 4 rings (SSSR count). The number of rotatable bonds is 4. The highest BCUT2D eigenvalue weighted by atomic mass is 32.1. The highest BCUT2D eigenvalue weighted by Crippen LogP contribution is 2.45. The molecule has 1 amide bonds. The fraction of sp³-hybridized carbons (Fsp3) is 0.286. The van der Waals surface area contributed by atoms with Crippen molar-refractivity contribution in [2.24, 2.45) is 5.92 Å². The molecule has 0 radical (unpaired) electrons. The van der Waals surface area contributed by atoms with Crippen LogP contribution in [0.15, 0.2) is 39.7 Å². The molecule has 7 nitrogen and oxygen atoms in total. The van der Waals surface area contributed by atoms with E-state index in [0.29, 0.717) is 10.9 Å². The SMILES string of the molecule is O=C(C1=C(O)C(=O)N(c2nncs2)C1c1ccco1)C1CC1. The first kappa shape index (κ1) is 13.2. The minimum atomic E-state index is -0.788. The molecule has 112 valence electrons. The van der Waals surface area contributed by atoms with Crippen LogP contribution in [0.5, 0.6) is 0 Å². The molecule has 2 aliphatic rings. The van der Waals surface area contributed by atoms with Gasteiger partial charge in [0.05, 0.1) is 11.8 Å². The first-order valence-electron chi connectivity index (χ1n) is 6.79. The number of amides is 1. The summed E-state index contributed by atoms with van der Waals surface area (Å²) in [4.78, 5) is 26.2. The summed E-state index contributed by atoms with van der Waals surface area (Å²) < 4.78 is 5.39. The highest BCUT2D eigenvalue weighted by molar-refractivity contribution is 7.13. The maximum Gasteiger partial charge on any atom is 0.296 e. The smallest absolute Gasteiger partial charge is 0.296 e. The van der Waals surface area contributed by atoms with E-state index in [1.165, 1.54) is 16.7 Å². The van der Waals surface area contributed by atoms with Gasteiger partial charge in [-0.2, -0.15) is 0 Å². The van der Waals surface area contributed by atoms with Crippen LogP contribution in [0.25, 0.3) is 0 Å². The van der Waals surface area contributed by atoms with E-state index in [-0.39, 0.29) is 17.3 Å². The van der Waals surface area contributed by atoms with Crippen molar-refractivity contribution in [3.8, 4) is 0 Å². The number of Topliss-reactive ketones (excluding diaryl/α,β-unsaturated/α-hetero) is 1. The zero-order valence-corrected chi connectivity index (χ0v) is 12.1. The number of furan rings is 1. The summed E-state index contributed by atoms with van der Waals surface area (Å²) in [6.45, 7) is 0. The minimum Gasteiger partial charge on any atom is -0.503 e. The predicted molar refractivity (Wildman–Crippen MR) is 76.2 cm³/mol. The summed E-state index contributed by atoms with van der Waals surface area (Å²) in [6, 6.07) is 2.56. The zero-order valence-electron chi connectivity index (χ0n) is 11.3. The Labute approximate surface area is 128 Å². The molecule has 0 aromatic carbocycles. The minimum absolute atomic E-state index is 0.0950. The van der Waals surface area contributed by atoms with Crippen LogP contribution in [0, 0.1) is 5.92 Å². The molecule has 22 heavy (non-hydrogen) atoms. The normalized spacial score (nSPS) is 21.7. The molecule has 1 saturated carbocycles.